The Bertz CT molecular complexity index is 260. The van der Waals surface area contributed by atoms with Crippen LogP contribution < -0.4 is 10.7 Å². The van der Waals surface area contributed by atoms with E-state index in [4.69, 9.17) is 10.7 Å². The van der Waals surface area contributed by atoms with E-state index in [1.165, 1.54) is 0 Å². The minimum Gasteiger partial charge on any atom is -0.338 e. The van der Waals surface area contributed by atoms with Crippen LogP contribution in [0.4, 0.5) is 0 Å². The fourth-order valence-corrected chi connectivity index (χ4v) is 0.726. The third-order valence-electron chi connectivity index (χ3n) is 1.28. The molecule has 0 atom stereocenters. The second-order valence-corrected chi connectivity index (χ2v) is 2.05. The van der Waals surface area contributed by atoms with Gasteiger partial charge in [-0.15, -0.1) is 0 Å². The summed E-state index contributed by atoms with van der Waals surface area (Å²) in [6.07, 6.45) is 0. The van der Waals surface area contributed by atoms with E-state index in [1.807, 2.05) is 25.1 Å². The summed E-state index contributed by atoms with van der Waals surface area (Å²) in [6.45, 7) is 1.92. The van der Waals surface area contributed by atoms with E-state index in [2.05, 4.69) is 10.5 Å². The van der Waals surface area contributed by atoms with E-state index in [0.29, 0.717) is 5.75 Å². The van der Waals surface area contributed by atoms with Crippen molar-refractivity contribution in [1.82, 2.24) is 0 Å². The Morgan fingerprint density at radius 3 is 2.73 bits per heavy atom. The summed E-state index contributed by atoms with van der Waals surface area (Å²) in [5.41, 5.74) is 1.000. The van der Waals surface area contributed by atoms with Crippen molar-refractivity contribution in [1.29, 1.82) is 0 Å². The van der Waals surface area contributed by atoms with Gasteiger partial charge in [0.25, 0.3) is 0 Å². The second-order valence-electron chi connectivity index (χ2n) is 2.05. The number of para-hydroxylation sites is 1. The highest BCUT2D eigenvalue weighted by Gasteiger charge is 1.94. The number of benzene rings is 1. The topological polar surface area (TPSA) is 60.0 Å². The predicted octanol–water partition coefficient (Wildman–Crippen LogP) is 1.61. The van der Waals surface area contributed by atoms with Gasteiger partial charge in [-0.25, -0.2) is 0 Å². The van der Waals surface area contributed by atoms with Crippen molar-refractivity contribution in [2.75, 3.05) is 0 Å². The molecule has 0 radical (unpaired) electrons. The van der Waals surface area contributed by atoms with E-state index in [-0.39, 0.29) is 0 Å². The van der Waals surface area contributed by atoms with Crippen LogP contribution in [0, 0.1) is 6.92 Å². The molecule has 0 heterocycles. The van der Waals surface area contributed by atoms with Crippen LogP contribution in [-0.2, 0) is 0 Å². The second kappa shape index (κ2) is 3.55. The fraction of sp³-hybridized carbons (Fsp3) is 0.143. The van der Waals surface area contributed by atoms with E-state index in [1.54, 1.807) is 6.07 Å². The molecule has 0 aliphatic heterocycles. The first-order valence-electron chi connectivity index (χ1n) is 3.17. The van der Waals surface area contributed by atoms with E-state index in [0.717, 1.165) is 5.56 Å². The molecule has 0 amide bonds. The Labute approximate surface area is 64.6 Å². The van der Waals surface area contributed by atoms with Gasteiger partial charge in [0.15, 0.2) is 5.75 Å². The molecule has 0 bridgehead atoms. The first-order valence-corrected chi connectivity index (χ1v) is 3.17. The van der Waals surface area contributed by atoms with Crippen molar-refractivity contribution in [3.8, 4) is 5.75 Å². The number of hydrogen-bond acceptors (Lipinski definition) is 3. The zero-order valence-electron chi connectivity index (χ0n) is 6.19. The third-order valence-corrected chi connectivity index (χ3v) is 1.28. The SMILES string of the molecule is Cc1ccccc1ON=NN. The Morgan fingerprint density at radius 1 is 1.36 bits per heavy atom. The lowest BCUT2D eigenvalue weighted by Crippen LogP contribution is -1.86. The molecule has 1 aromatic carbocycles. The molecule has 0 aromatic heterocycles. The minimum absolute atomic E-state index is 0.668. The highest BCUT2D eigenvalue weighted by Crippen LogP contribution is 2.15. The highest BCUT2D eigenvalue weighted by molar-refractivity contribution is 5.31. The van der Waals surface area contributed by atoms with Crippen LogP contribution in [0.2, 0.25) is 0 Å². The molecule has 0 aliphatic carbocycles. The Kier molecular flexibility index (Phi) is 2.43. The average Bonchev–Trinajstić information content (AvgIpc) is 2.03. The maximum atomic E-state index is 4.82. The summed E-state index contributed by atoms with van der Waals surface area (Å²) >= 11 is 0. The van der Waals surface area contributed by atoms with Crippen molar-refractivity contribution in [2.45, 2.75) is 6.92 Å². The molecular weight excluding hydrogens is 142 g/mol. The lowest BCUT2D eigenvalue weighted by atomic mass is 10.2. The van der Waals surface area contributed by atoms with Crippen molar-refractivity contribution in [3.05, 3.63) is 29.8 Å². The van der Waals surface area contributed by atoms with Gasteiger partial charge in [-0.1, -0.05) is 18.2 Å². The zero-order chi connectivity index (χ0) is 8.10. The summed E-state index contributed by atoms with van der Waals surface area (Å²) < 4.78 is 0. The van der Waals surface area contributed by atoms with Crippen molar-refractivity contribution < 1.29 is 4.84 Å². The van der Waals surface area contributed by atoms with Crippen LogP contribution in [0.3, 0.4) is 0 Å². The highest BCUT2D eigenvalue weighted by atomic mass is 16.6. The first kappa shape index (κ1) is 7.53. The fourth-order valence-electron chi connectivity index (χ4n) is 0.726. The largest absolute Gasteiger partial charge is 0.338 e. The minimum atomic E-state index is 0.668. The maximum Gasteiger partial charge on any atom is 0.162 e. The molecule has 58 valence electrons. The lowest BCUT2D eigenvalue weighted by molar-refractivity contribution is 0.303. The van der Waals surface area contributed by atoms with Gasteiger partial charge in [0.1, 0.15) is 0 Å². The Balaban J connectivity index is 2.77. The molecule has 1 rings (SSSR count). The molecule has 0 unspecified atom stereocenters. The summed E-state index contributed by atoms with van der Waals surface area (Å²) in [4.78, 5) is 4.82. The lowest BCUT2D eigenvalue weighted by Gasteiger charge is -1.98. The number of aryl methyl sites for hydroxylation is 1. The van der Waals surface area contributed by atoms with Crippen LogP contribution in [0.25, 0.3) is 0 Å². The maximum absolute atomic E-state index is 4.82. The van der Waals surface area contributed by atoms with Crippen molar-refractivity contribution in [3.63, 3.8) is 0 Å². The summed E-state index contributed by atoms with van der Waals surface area (Å²) in [5.74, 6) is 5.43. The standard InChI is InChI=1S/C7H9N3O/c1-6-4-2-3-5-7(6)11-10-9-8/h2-5H,1H3,(H2,8,10). The van der Waals surface area contributed by atoms with Gasteiger partial charge in [0, 0.05) is 0 Å². The molecule has 4 heteroatoms. The van der Waals surface area contributed by atoms with Crippen LogP contribution in [0.1, 0.15) is 5.56 Å². The third kappa shape index (κ3) is 1.93. The molecule has 2 N–H and O–H groups in total. The average molecular weight is 151 g/mol. The van der Waals surface area contributed by atoms with Crippen LogP contribution in [-0.4, -0.2) is 0 Å². The Morgan fingerprint density at radius 2 is 2.09 bits per heavy atom. The van der Waals surface area contributed by atoms with E-state index < -0.39 is 0 Å². The van der Waals surface area contributed by atoms with Gasteiger partial charge in [0.05, 0.1) is 5.28 Å². The number of rotatable bonds is 2. The molecule has 4 nitrogen and oxygen atoms in total. The zero-order valence-corrected chi connectivity index (χ0v) is 6.19. The molecule has 0 spiro atoms. The van der Waals surface area contributed by atoms with Gasteiger partial charge in [-0.3, -0.25) is 0 Å². The van der Waals surface area contributed by atoms with Crippen LogP contribution >= 0.6 is 0 Å². The molecule has 0 saturated heterocycles. The van der Waals surface area contributed by atoms with Gasteiger partial charge < -0.3 is 10.7 Å². The smallest absolute Gasteiger partial charge is 0.162 e. The van der Waals surface area contributed by atoms with Gasteiger partial charge in [-0.2, -0.15) is 0 Å². The first-order chi connectivity index (χ1) is 5.34. The molecular formula is C7H9N3O. The normalized spacial score (nSPS) is 10.3. The summed E-state index contributed by atoms with van der Waals surface area (Å²) in [7, 11) is 0. The number of nitrogens with two attached hydrogens (primary N) is 1. The number of nitrogens with zero attached hydrogens (tertiary/aromatic N) is 2. The van der Waals surface area contributed by atoms with Gasteiger partial charge >= 0.3 is 0 Å². The van der Waals surface area contributed by atoms with Crippen molar-refractivity contribution >= 4 is 0 Å². The molecule has 11 heavy (non-hydrogen) atoms. The molecule has 0 fully saturated rings. The van der Waals surface area contributed by atoms with Crippen molar-refractivity contribution in [2.24, 2.45) is 16.3 Å². The summed E-state index contributed by atoms with van der Waals surface area (Å²) in [6, 6.07) is 7.49. The monoisotopic (exact) mass is 151 g/mol. The predicted molar refractivity (Wildman–Crippen MR) is 40.9 cm³/mol. The molecule has 0 aliphatic rings. The van der Waals surface area contributed by atoms with Crippen LogP contribution in [0.15, 0.2) is 34.8 Å². The van der Waals surface area contributed by atoms with Gasteiger partial charge in [0.2, 0.25) is 0 Å². The molecule has 0 saturated carbocycles. The van der Waals surface area contributed by atoms with E-state index in [9.17, 15) is 0 Å². The van der Waals surface area contributed by atoms with Crippen LogP contribution in [0.5, 0.6) is 5.75 Å². The molecule has 1 aromatic rings. The Hall–Kier alpha value is -1.58. The quantitative estimate of drug-likeness (QED) is 0.396. The van der Waals surface area contributed by atoms with Gasteiger partial charge in [-0.05, 0) is 23.8 Å². The summed E-state index contributed by atoms with van der Waals surface area (Å²) in [5, 5.41) is 6.18. The van der Waals surface area contributed by atoms with E-state index >= 15 is 0 Å². The number of hydrogen-bond donors (Lipinski definition) is 1.